The zero-order chi connectivity index (χ0) is 15.3. The van der Waals surface area contributed by atoms with Gasteiger partial charge >= 0.3 is 14.0 Å². The highest BCUT2D eigenvalue weighted by Crippen LogP contribution is 2.39. The molecule has 0 bridgehead atoms. The maximum absolute atomic E-state index is 10.2. The van der Waals surface area contributed by atoms with E-state index >= 15 is 0 Å². The molecule has 0 spiro atoms. The Morgan fingerprint density at radius 3 is 1.63 bits per heavy atom. The van der Waals surface area contributed by atoms with Gasteiger partial charge in [0.25, 0.3) is 0 Å². The highest BCUT2D eigenvalue weighted by atomic mass is 16.7. The molecule has 0 atom stereocenters. The minimum atomic E-state index is -1.10. The van der Waals surface area contributed by atoms with Gasteiger partial charge in [0.15, 0.2) is 0 Å². The van der Waals surface area contributed by atoms with Crippen molar-refractivity contribution in [2.75, 3.05) is 0 Å². The van der Waals surface area contributed by atoms with E-state index in [0.29, 0.717) is 0 Å². The van der Waals surface area contributed by atoms with E-state index in [9.17, 15) is 5.02 Å². The Bertz CT molecular complexity index is 318. The summed E-state index contributed by atoms with van der Waals surface area (Å²) in [7, 11) is -1.86. The van der Waals surface area contributed by atoms with Crippen molar-refractivity contribution in [2.24, 2.45) is 5.41 Å². The summed E-state index contributed by atoms with van der Waals surface area (Å²) in [6, 6.07) is 0. The van der Waals surface area contributed by atoms with Gasteiger partial charge in [-0.25, -0.2) is 0 Å². The molecule has 0 unspecified atom stereocenters. The smallest absolute Gasteiger partial charge is 0.429 e. The fourth-order valence-corrected chi connectivity index (χ4v) is 1.54. The van der Waals surface area contributed by atoms with Crippen molar-refractivity contribution < 1.29 is 19.0 Å². The number of hydrogen-bond acceptors (Lipinski definition) is 4. The average molecular weight is 270 g/mol. The van der Waals surface area contributed by atoms with Gasteiger partial charge in [-0.3, -0.25) is 0 Å². The van der Waals surface area contributed by atoms with Crippen LogP contribution in [0, 0.1) is 5.41 Å². The van der Waals surface area contributed by atoms with Crippen molar-refractivity contribution in [1.82, 2.24) is 0 Å². The summed E-state index contributed by atoms with van der Waals surface area (Å²) in [5.41, 5.74) is -1.52. The summed E-state index contributed by atoms with van der Waals surface area (Å²) in [6.45, 7) is 18.0. The number of hydrogen-bond donors (Lipinski definition) is 1. The molecule has 1 N–H and O–H groups in total. The first kappa shape index (κ1) is 17.0. The second kappa shape index (κ2) is 4.76. The SMILES string of the molecule is CC(C)(C)C(C)(C)OB(O)B1OC(C)(C)C(C)(C)O1. The van der Waals surface area contributed by atoms with Gasteiger partial charge in [0.05, 0.1) is 16.8 Å². The van der Waals surface area contributed by atoms with Gasteiger partial charge in [-0.05, 0) is 47.0 Å². The molecule has 6 heteroatoms. The fraction of sp³-hybridized carbons (Fsp3) is 1.00. The highest BCUT2D eigenvalue weighted by Gasteiger charge is 2.57. The van der Waals surface area contributed by atoms with Crippen molar-refractivity contribution in [3.63, 3.8) is 0 Å². The second-order valence-electron chi connectivity index (χ2n) is 7.89. The molecule has 0 saturated carbocycles. The van der Waals surface area contributed by atoms with Crippen molar-refractivity contribution in [3.8, 4) is 0 Å². The number of rotatable bonds is 3. The van der Waals surface area contributed by atoms with Crippen LogP contribution in [0.2, 0.25) is 0 Å². The Morgan fingerprint density at radius 2 is 1.32 bits per heavy atom. The largest absolute Gasteiger partial charge is 0.488 e. The van der Waals surface area contributed by atoms with E-state index in [-0.39, 0.29) is 5.41 Å². The molecule has 1 saturated heterocycles. The van der Waals surface area contributed by atoms with Crippen LogP contribution >= 0.6 is 0 Å². The first-order chi connectivity index (χ1) is 8.20. The van der Waals surface area contributed by atoms with Crippen molar-refractivity contribution in [1.29, 1.82) is 0 Å². The third kappa shape index (κ3) is 3.35. The maximum Gasteiger partial charge on any atom is 0.488 e. The molecule has 0 aliphatic carbocycles. The highest BCUT2D eigenvalue weighted by molar-refractivity contribution is 7.10. The van der Waals surface area contributed by atoms with E-state index in [2.05, 4.69) is 20.8 Å². The van der Waals surface area contributed by atoms with Crippen LogP contribution in [0.25, 0.3) is 0 Å². The lowest BCUT2D eigenvalue weighted by atomic mass is 9.48. The third-order valence-corrected chi connectivity index (χ3v) is 4.73. The average Bonchev–Trinajstić information content (AvgIpc) is 2.33. The minimum Gasteiger partial charge on any atom is -0.429 e. The summed E-state index contributed by atoms with van der Waals surface area (Å²) in [4.78, 5) is 0. The van der Waals surface area contributed by atoms with Gasteiger partial charge in [0.2, 0.25) is 0 Å². The molecular weight excluding hydrogens is 242 g/mol. The monoisotopic (exact) mass is 270 g/mol. The molecule has 1 heterocycles. The van der Waals surface area contributed by atoms with Gasteiger partial charge in [-0.2, -0.15) is 0 Å². The van der Waals surface area contributed by atoms with Crippen LogP contribution in [0.4, 0.5) is 0 Å². The zero-order valence-corrected chi connectivity index (χ0v) is 13.8. The van der Waals surface area contributed by atoms with Gasteiger partial charge in [0.1, 0.15) is 0 Å². The second-order valence-corrected chi connectivity index (χ2v) is 7.89. The molecule has 110 valence electrons. The molecule has 0 aromatic rings. The summed E-state index contributed by atoms with van der Waals surface area (Å²) in [5, 5.41) is 10.2. The van der Waals surface area contributed by atoms with Crippen LogP contribution in [0.5, 0.6) is 0 Å². The molecule has 19 heavy (non-hydrogen) atoms. The van der Waals surface area contributed by atoms with Crippen LogP contribution in [-0.4, -0.2) is 35.8 Å². The van der Waals surface area contributed by atoms with Crippen LogP contribution < -0.4 is 0 Å². The van der Waals surface area contributed by atoms with E-state index in [1.54, 1.807) is 0 Å². The molecule has 1 rings (SSSR count). The topological polar surface area (TPSA) is 47.9 Å². The summed E-state index contributed by atoms with van der Waals surface area (Å²) in [5.74, 6) is 0. The molecule has 4 nitrogen and oxygen atoms in total. The standard InChI is InChI=1S/C13H28B2O4/c1-10(2,3)11(4,5)17-14(16)15-18-12(6,7)13(8,9)19-15/h16H,1-9H3. The zero-order valence-electron chi connectivity index (χ0n) is 13.8. The third-order valence-electron chi connectivity index (χ3n) is 4.73. The van der Waals surface area contributed by atoms with E-state index in [0.717, 1.165) is 0 Å². The molecule has 0 radical (unpaired) electrons. The van der Waals surface area contributed by atoms with Crippen LogP contribution in [0.15, 0.2) is 0 Å². The van der Waals surface area contributed by atoms with Crippen molar-refractivity contribution in [2.45, 2.75) is 79.1 Å². The summed E-state index contributed by atoms with van der Waals surface area (Å²) >= 11 is 0. The summed E-state index contributed by atoms with van der Waals surface area (Å²) < 4.78 is 17.4. The van der Waals surface area contributed by atoms with Crippen LogP contribution in [-0.2, 0) is 14.0 Å². The van der Waals surface area contributed by atoms with Gasteiger partial charge in [-0.1, -0.05) is 20.8 Å². The molecular formula is C13H28B2O4. The normalized spacial score (nSPS) is 22.7. The quantitative estimate of drug-likeness (QED) is 0.800. The Hall–Kier alpha value is -0.0301. The summed E-state index contributed by atoms with van der Waals surface area (Å²) in [6.07, 6.45) is 0. The van der Waals surface area contributed by atoms with Crippen LogP contribution in [0.3, 0.4) is 0 Å². The Kier molecular flexibility index (Phi) is 4.27. The van der Waals surface area contributed by atoms with Gasteiger partial charge in [0, 0.05) is 0 Å². The Labute approximate surface area is 118 Å². The first-order valence-electron chi connectivity index (χ1n) is 6.91. The predicted molar refractivity (Wildman–Crippen MR) is 78.7 cm³/mol. The molecule has 1 aliphatic rings. The first-order valence-corrected chi connectivity index (χ1v) is 6.91. The fourth-order valence-electron chi connectivity index (χ4n) is 1.54. The van der Waals surface area contributed by atoms with E-state index in [1.165, 1.54) is 0 Å². The van der Waals surface area contributed by atoms with Crippen molar-refractivity contribution in [3.05, 3.63) is 0 Å². The lowest BCUT2D eigenvalue weighted by Crippen LogP contribution is -2.51. The minimum absolute atomic E-state index is 0.0996. The molecule has 0 amide bonds. The molecule has 0 aromatic heterocycles. The van der Waals surface area contributed by atoms with Crippen LogP contribution in [0.1, 0.15) is 62.3 Å². The van der Waals surface area contributed by atoms with Gasteiger partial charge < -0.3 is 19.0 Å². The molecule has 1 aliphatic heterocycles. The Balaban J connectivity index is 2.75. The lowest BCUT2D eigenvalue weighted by molar-refractivity contribution is -0.0138. The van der Waals surface area contributed by atoms with Crippen molar-refractivity contribution >= 4 is 14.0 Å². The Morgan fingerprint density at radius 1 is 0.947 bits per heavy atom. The molecule has 0 aromatic carbocycles. The maximum atomic E-state index is 10.2. The van der Waals surface area contributed by atoms with E-state index in [1.807, 2.05) is 41.5 Å². The predicted octanol–water partition coefficient (Wildman–Crippen LogP) is 2.48. The van der Waals surface area contributed by atoms with Gasteiger partial charge in [-0.15, -0.1) is 0 Å². The van der Waals surface area contributed by atoms with E-state index < -0.39 is 30.8 Å². The molecule has 1 fully saturated rings. The van der Waals surface area contributed by atoms with E-state index in [4.69, 9.17) is 14.0 Å². The lowest BCUT2D eigenvalue weighted by Gasteiger charge is -2.40.